The molecular formula is C27H17BN2O2. The van der Waals surface area contributed by atoms with E-state index in [1.807, 2.05) is 42.5 Å². The zero-order valence-corrected chi connectivity index (χ0v) is 17.1. The van der Waals surface area contributed by atoms with Crippen molar-refractivity contribution >= 4 is 62.6 Å². The van der Waals surface area contributed by atoms with Crippen molar-refractivity contribution < 1.29 is 8.83 Å². The van der Waals surface area contributed by atoms with Crippen LogP contribution in [0, 0.1) is 0 Å². The molecule has 7 rings (SSSR count). The maximum atomic E-state index is 6.55. The predicted molar refractivity (Wildman–Crippen MR) is 130 cm³/mol. The molecule has 5 heteroatoms. The van der Waals surface area contributed by atoms with E-state index in [0.29, 0.717) is 5.71 Å². The third-order valence-corrected chi connectivity index (χ3v) is 6.21. The SMILES string of the molecule is c1ccc(B2c3oc4ncccc4c3N(c3ccccc3)c3oc4ccccc4c32)cc1. The molecule has 0 saturated heterocycles. The third-order valence-electron chi connectivity index (χ3n) is 6.21. The summed E-state index contributed by atoms with van der Waals surface area (Å²) in [7, 11) is 0. The van der Waals surface area contributed by atoms with Crippen LogP contribution < -0.4 is 21.5 Å². The van der Waals surface area contributed by atoms with Gasteiger partial charge < -0.3 is 8.83 Å². The van der Waals surface area contributed by atoms with Gasteiger partial charge in [0.15, 0.2) is 0 Å². The number of rotatable bonds is 2. The van der Waals surface area contributed by atoms with Gasteiger partial charge in [0.2, 0.25) is 11.6 Å². The molecule has 6 aromatic rings. The number of pyridine rings is 1. The summed E-state index contributed by atoms with van der Waals surface area (Å²) < 4.78 is 13.0. The van der Waals surface area contributed by atoms with Gasteiger partial charge in [0.1, 0.15) is 11.2 Å². The second-order valence-electron chi connectivity index (χ2n) is 8.00. The fraction of sp³-hybridized carbons (Fsp3) is 0. The largest absolute Gasteiger partial charge is 0.450 e. The van der Waals surface area contributed by atoms with Crippen LogP contribution in [0.5, 0.6) is 0 Å². The van der Waals surface area contributed by atoms with Crippen LogP contribution in [-0.4, -0.2) is 11.7 Å². The number of hydrogen-bond donors (Lipinski definition) is 0. The zero-order valence-electron chi connectivity index (χ0n) is 17.1. The van der Waals surface area contributed by atoms with Crippen molar-refractivity contribution in [2.24, 2.45) is 0 Å². The zero-order chi connectivity index (χ0) is 21.1. The molecule has 0 aliphatic carbocycles. The lowest BCUT2D eigenvalue weighted by Gasteiger charge is -2.30. The van der Waals surface area contributed by atoms with E-state index in [2.05, 4.69) is 64.5 Å². The monoisotopic (exact) mass is 412 g/mol. The first-order chi connectivity index (χ1) is 15.9. The molecule has 0 fully saturated rings. The van der Waals surface area contributed by atoms with Crippen LogP contribution in [-0.2, 0) is 0 Å². The Hall–Kier alpha value is -4.25. The normalized spacial score (nSPS) is 12.9. The quantitative estimate of drug-likeness (QED) is 0.380. The lowest BCUT2D eigenvalue weighted by Crippen LogP contribution is -2.56. The van der Waals surface area contributed by atoms with E-state index in [1.165, 1.54) is 0 Å². The molecular weight excluding hydrogens is 395 g/mol. The van der Waals surface area contributed by atoms with Crippen LogP contribution >= 0.6 is 0 Å². The second-order valence-corrected chi connectivity index (χ2v) is 8.00. The van der Waals surface area contributed by atoms with Crippen molar-refractivity contribution in [1.29, 1.82) is 0 Å². The van der Waals surface area contributed by atoms with E-state index >= 15 is 0 Å². The van der Waals surface area contributed by atoms with E-state index in [9.17, 15) is 0 Å². The Morgan fingerprint density at radius 2 is 1.41 bits per heavy atom. The minimum atomic E-state index is -0.0981. The molecule has 32 heavy (non-hydrogen) atoms. The highest BCUT2D eigenvalue weighted by Gasteiger charge is 2.43. The molecule has 0 saturated carbocycles. The summed E-state index contributed by atoms with van der Waals surface area (Å²) in [6, 6.07) is 33.0. The van der Waals surface area contributed by atoms with Gasteiger partial charge in [0, 0.05) is 22.7 Å². The molecule has 1 aliphatic rings. The van der Waals surface area contributed by atoms with Gasteiger partial charge in [-0.05, 0) is 30.3 Å². The summed E-state index contributed by atoms with van der Waals surface area (Å²) in [5.74, 6) is 0.824. The molecule has 0 N–H and O–H groups in total. The van der Waals surface area contributed by atoms with E-state index in [4.69, 9.17) is 8.83 Å². The van der Waals surface area contributed by atoms with Crippen molar-refractivity contribution in [3.05, 3.63) is 103 Å². The number of anilines is 3. The topological polar surface area (TPSA) is 42.4 Å². The molecule has 0 atom stereocenters. The van der Waals surface area contributed by atoms with Gasteiger partial charge in [0.25, 0.3) is 6.71 Å². The van der Waals surface area contributed by atoms with Gasteiger partial charge in [-0.3, -0.25) is 4.90 Å². The molecule has 150 valence electrons. The minimum absolute atomic E-state index is 0.0981. The van der Waals surface area contributed by atoms with Gasteiger partial charge in [-0.25, -0.2) is 4.98 Å². The number of nitrogens with zero attached hydrogens (tertiary/aromatic N) is 2. The Kier molecular flexibility index (Phi) is 3.61. The Bertz CT molecular complexity index is 1470. The van der Waals surface area contributed by atoms with E-state index in [0.717, 1.165) is 50.2 Å². The number of para-hydroxylation sites is 2. The molecule has 0 spiro atoms. The summed E-state index contributed by atoms with van der Waals surface area (Å²) >= 11 is 0. The third kappa shape index (κ3) is 2.36. The van der Waals surface area contributed by atoms with Gasteiger partial charge in [-0.15, -0.1) is 0 Å². The molecule has 3 aromatic carbocycles. The first-order valence-electron chi connectivity index (χ1n) is 10.7. The van der Waals surface area contributed by atoms with Gasteiger partial charge in [-0.2, -0.15) is 0 Å². The Morgan fingerprint density at radius 1 is 0.688 bits per heavy atom. The summed E-state index contributed by atoms with van der Waals surface area (Å²) in [5.41, 5.74) is 6.66. The molecule has 0 amide bonds. The van der Waals surface area contributed by atoms with Gasteiger partial charge in [0.05, 0.1) is 11.1 Å². The highest BCUT2D eigenvalue weighted by atomic mass is 16.4. The summed E-state index contributed by atoms with van der Waals surface area (Å²) in [4.78, 5) is 6.71. The fourth-order valence-electron chi connectivity index (χ4n) is 4.88. The standard InChI is InChI=1S/C27H17BN2O2/c1-3-10-18(11-4-1)28-23-20-14-7-8-16-22(20)31-27(23)30(19-12-5-2-6-13-19)24-21-15-9-17-29-26(21)32-25(24)28/h1-17H. The molecule has 4 heterocycles. The van der Waals surface area contributed by atoms with Crippen LogP contribution in [0.3, 0.4) is 0 Å². The maximum absolute atomic E-state index is 6.55. The number of furan rings is 2. The number of fused-ring (bicyclic) bond motifs is 6. The van der Waals surface area contributed by atoms with Crippen molar-refractivity contribution in [2.75, 3.05) is 4.90 Å². The smallest absolute Gasteiger partial charge is 0.297 e. The van der Waals surface area contributed by atoms with Gasteiger partial charge >= 0.3 is 0 Å². The highest BCUT2D eigenvalue weighted by molar-refractivity contribution is 6.98. The van der Waals surface area contributed by atoms with Crippen LogP contribution in [0.2, 0.25) is 0 Å². The van der Waals surface area contributed by atoms with Crippen molar-refractivity contribution in [3.8, 4) is 0 Å². The van der Waals surface area contributed by atoms with Crippen LogP contribution in [0.25, 0.3) is 22.1 Å². The van der Waals surface area contributed by atoms with Crippen LogP contribution in [0.4, 0.5) is 17.3 Å². The highest BCUT2D eigenvalue weighted by Crippen LogP contribution is 2.42. The van der Waals surface area contributed by atoms with Crippen molar-refractivity contribution in [3.63, 3.8) is 0 Å². The summed E-state index contributed by atoms with van der Waals surface area (Å²) in [6.07, 6.45) is 1.77. The average Bonchev–Trinajstić information content (AvgIpc) is 3.42. The Labute approximate surface area is 184 Å². The Balaban J connectivity index is 1.65. The van der Waals surface area contributed by atoms with E-state index in [-0.39, 0.29) is 6.71 Å². The molecule has 0 bridgehead atoms. The van der Waals surface area contributed by atoms with E-state index in [1.54, 1.807) is 6.20 Å². The lowest BCUT2D eigenvalue weighted by molar-refractivity contribution is 0.616. The molecule has 0 unspecified atom stereocenters. The van der Waals surface area contributed by atoms with E-state index < -0.39 is 0 Å². The number of benzene rings is 3. The summed E-state index contributed by atoms with van der Waals surface area (Å²) in [5, 5.41) is 2.06. The average molecular weight is 412 g/mol. The summed E-state index contributed by atoms with van der Waals surface area (Å²) in [6.45, 7) is -0.0981. The second kappa shape index (κ2) is 6.63. The van der Waals surface area contributed by atoms with Crippen molar-refractivity contribution in [2.45, 2.75) is 0 Å². The number of hydrogen-bond acceptors (Lipinski definition) is 4. The first-order valence-corrected chi connectivity index (χ1v) is 10.7. The molecule has 4 nitrogen and oxygen atoms in total. The lowest BCUT2D eigenvalue weighted by atomic mass is 9.37. The fourth-order valence-corrected chi connectivity index (χ4v) is 4.88. The maximum Gasteiger partial charge on any atom is 0.297 e. The molecule has 0 radical (unpaired) electrons. The van der Waals surface area contributed by atoms with Crippen molar-refractivity contribution in [1.82, 2.24) is 4.98 Å². The Morgan fingerprint density at radius 3 is 2.25 bits per heavy atom. The van der Waals surface area contributed by atoms with Crippen LogP contribution in [0.1, 0.15) is 0 Å². The first kappa shape index (κ1) is 17.4. The molecule has 3 aromatic heterocycles. The van der Waals surface area contributed by atoms with Gasteiger partial charge in [-0.1, -0.05) is 72.2 Å². The predicted octanol–water partition coefficient (Wildman–Crippen LogP) is 4.87. The van der Waals surface area contributed by atoms with Crippen LogP contribution in [0.15, 0.2) is 112 Å². The number of aromatic nitrogens is 1. The minimum Gasteiger partial charge on any atom is -0.450 e. The molecule has 1 aliphatic heterocycles.